The van der Waals surface area contributed by atoms with E-state index in [1.54, 1.807) is 0 Å². The van der Waals surface area contributed by atoms with Crippen LogP contribution in [0.15, 0.2) is 12.3 Å². The molecule has 64 valence electrons. The summed E-state index contributed by atoms with van der Waals surface area (Å²) in [6.07, 6.45) is 0.805. The number of pyridine rings is 1. The van der Waals surface area contributed by atoms with Crippen molar-refractivity contribution in [2.75, 3.05) is 5.33 Å². The first-order valence-corrected chi connectivity index (χ1v) is 4.17. The van der Waals surface area contributed by atoms with Gasteiger partial charge in [0, 0.05) is 6.07 Å². The second-order valence-electron chi connectivity index (χ2n) is 2.04. The van der Waals surface area contributed by atoms with Crippen LogP contribution in [0.5, 0.6) is 0 Å². The smallest absolute Gasteiger partial charge is 0.194 e. The molecule has 0 N–H and O–H groups in total. The van der Waals surface area contributed by atoms with Gasteiger partial charge in [-0.3, -0.25) is 4.79 Å². The maximum atomic E-state index is 12.7. The molecule has 0 saturated carbocycles. The highest BCUT2D eigenvalue weighted by Gasteiger charge is 2.12. The fourth-order valence-electron chi connectivity index (χ4n) is 0.683. The van der Waals surface area contributed by atoms with Crippen LogP contribution in [-0.2, 0) is 0 Å². The van der Waals surface area contributed by atoms with Gasteiger partial charge in [0.2, 0.25) is 0 Å². The average Bonchev–Trinajstić information content (AvgIpc) is 2.03. The summed E-state index contributed by atoms with van der Waals surface area (Å²) < 4.78 is 25.0. The van der Waals surface area contributed by atoms with E-state index in [4.69, 9.17) is 0 Å². The quantitative estimate of drug-likeness (QED) is 0.580. The lowest BCUT2D eigenvalue weighted by atomic mass is 10.2. The molecule has 0 aromatic carbocycles. The third-order valence-electron chi connectivity index (χ3n) is 1.19. The minimum Gasteiger partial charge on any atom is -0.291 e. The normalized spacial score (nSPS) is 9.92. The number of Topliss-reactive ketones (excluding diaryl/α,β-unsaturated/α-hetero) is 1. The van der Waals surface area contributed by atoms with Gasteiger partial charge >= 0.3 is 0 Å². The first kappa shape index (κ1) is 9.25. The fraction of sp³-hybridized carbons (Fsp3) is 0.143. The first-order chi connectivity index (χ1) is 5.65. The van der Waals surface area contributed by atoms with Crippen LogP contribution < -0.4 is 0 Å². The maximum absolute atomic E-state index is 12.7. The molecule has 2 nitrogen and oxygen atoms in total. The monoisotopic (exact) mass is 235 g/mol. The van der Waals surface area contributed by atoms with Gasteiger partial charge in [-0.25, -0.2) is 13.8 Å². The van der Waals surface area contributed by atoms with Crippen LogP contribution in [0.2, 0.25) is 0 Å². The van der Waals surface area contributed by atoms with Crippen molar-refractivity contribution >= 4 is 21.7 Å². The zero-order valence-electron chi connectivity index (χ0n) is 5.85. The van der Waals surface area contributed by atoms with Crippen LogP contribution in [0.1, 0.15) is 10.5 Å². The number of aromatic nitrogens is 1. The number of alkyl halides is 1. The van der Waals surface area contributed by atoms with Crippen molar-refractivity contribution in [1.82, 2.24) is 4.98 Å². The predicted molar refractivity (Wildman–Crippen MR) is 42.3 cm³/mol. The lowest BCUT2D eigenvalue weighted by Gasteiger charge is -1.97. The standard InChI is InChI=1S/C7H4BrF2NO/c8-2-6(12)7-5(10)1-4(9)3-11-7/h1,3H,2H2. The van der Waals surface area contributed by atoms with Gasteiger partial charge in [-0.1, -0.05) is 15.9 Å². The summed E-state index contributed by atoms with van der Waals surface area (Å²) in [5.74, 6) is -2.23. The summed E-state index contributed by atoms with van der Waals surface area (Å²) in [5, 5.41) is -0.0252. The third kappa shape index (κ3) is 1.85. The summed E-state index contributed by atoms with van der Waals surface area (Å²) in [5.41, 5.74) is -0.340. The van der Waals surface area contributed by atoms with Crippen LogP contribution >= 0.6 is 15.9 Å². The van der Waals surface area contributed by atoms with E-state index in [9.17, 15) is 13.6 Å². The zero-order valence-corrected chi connectivity index (χ0v) is 7.44. The van der Waals surface area contributed by atoms with Crippen molar-refractivity contribution < 1.29 is 13.6 Å². The molecule has 0 unspecified atom stereocenters. The zero-order chi connectivity index (χ0) is 9.14. The highest BCUT2D eigenvalue weighted by Crippen LogP contribution is 2.07. The van der Waals surface area contributed by atoms with Gasteiger partial charge in [-0.05, 0) is 0 Å². The van der Waals surface area contributed by atoms with E-state index in [0.29, 0.717) is 6.07 Å². The minimum absolute atomic E-state index is 0.0252. The molecular formula is C7H4BrF2NO. The summed E-state index contributed by atoms with van der Waals surface area (Å²) in [6, 6.07) is 0.628. The van der Waals surface area contributed by atoms with Gasteiger partial charge < -0.3 is 0 Å². The van der Waals surface area contributed by atoms with Gasteiger partial charge in [0.05, 0.1) is 11.5 Å². The number of halogens is 3. The molecule has 0 aliphatic rings. The highest BCUT2D eigenvalue weighted by atomic mass is 79.9. The molecule has 1 rings (SSSR count). The second kappa shape index (κ2) is 3.71. The van der Waals surface area contributed by atoms with Crippen molar-refractivity contribution in [3.8, 4) is 0 Å². The number of hydrogen-bond donors (Lipinski definition) is 0. The Morgan fingerprint density at radius 3 is 2.75 bits per heavy atom. The molecule has 1 aromatic heterocycles. The molecule has 0 amide bonds. The summed E-state index contributed by atoms with van der Waals surface area (Å²) in [6.45, 7) is 0. The second-order valence-corrected chi connectivity index (χ2v) is 2.60. The van der Waals surface area contributed by atoms with Crippen molar-refractivity contribution in [2.45, 2.75) is 0 Å². The Hall–Kier alpha value is -0.840. The van der Waals surface area contributed by atoms with E-state index in [-0.39, 0.29) is 11.0 Å². The maximum Gasteiger partial charge on any atom is 0.194 e. The summed E-state index contributed by atoms with van der Waals surface area (Å²) in [7, 11) is 0. The molecule has 5 heteroatoms. The van der Waals surface area contributed by atoms with Gasteiger partial charge in [0.25, 0.3) is 0 Å². The Balaban J connectivity index is 3.09. The van der Waals surface area contributed by atoms with Crippen molar-refractivity contribution in [1.29, 1.82) is 0 Å². The van der Waals surface area contributed by atoms with E-state index in [2.05, 4.69) is 20.9 Å². The van der Waals surface area contributed by atoms with Gasteiger partial charge in [-0.2, -0.15) is 0 Å². The molecule has 0 fully saturated rings. The van der Waals surface area contributed by atoms with Crippen molar-refractivity contribution in [3.05, 3.63) is 29.6 Å². The number of ketones is 1. The molecule has 0 aliphatic heterocycles. The Bertz CT molecular complexity index is 316. The summed E-state index contributed by atoms with van der Waals surface area (Å²) in [4.78, 5) is 14.2. The van der Waals surface area contributed by atoms with Gasteiger partial charge in [-0.15, -0.1) is 0 Å². The number of rotatable bonds is 2. The number of nitrogens with zero attached hydrogens (tertiary/aromatic N) is 1. The highest BCUT2D eigenvalue weighted by molar-refractivity contribution is 9.09. The molecule has 12 heavy (non-hydrogen) atoms. The summed E-state index contributed by atoms with van der Waals surface area (Å²) >= 11 is 2.85. The largest absolute Gasteiger partial charge is 0.291 e. The third-order valence-corrected chi connectivity index (χ3v) is 1.70. The molecule has 0 atom stereocenters. The molecule has 1 heterocycles. The number of carbonyl (C=O) groups excluding carboxylic acids is 1. The van der Waals surface area contributed by atoms with E-state index in [0.717, 1.165) is 6.20 Å². The Morgan fingerprint density at radius 1 is 1.58 bits per heavy atom. The lowest BCUT2D eigenvalue weighted by molar-refractivity contribution is 0.101. The molecule has 0 aliphatic carbocycles. The van der Waals surface area contributed by atoms with Crippen molar-refractivity contribution in [2.24, 2.45) is 0 Å². The fourth-order valence-corrected chi connectivity index (χ4v) is 0.949. The Morgan fingerprint density at radius 2 is 2.25 bits per heavy atom. The van der Waals surface area contributed by atoms with Crippen molar-refractivity contribution in [3.63, 3.8) is 0 Å². The molecular weight excluding hydrogens is 232 g/mol. The lowest BCUT2D eigenvalue weighted by Crippen LogP contribution is -2.06. The predicted octanol–water partition coefficient (Wildman–Crippen LogP) is 1.94. The average molecular weight is 236 g/mol. The van der Waals surface area contributed by atoms with E-state index < -0.39 is 17.4 Å². The Kier molecular flexibility index (Phi) is 2.86. The first-order valence-electron chi connectivity index (χ1n) is 3.05. The Labute approximate surface area is 75.7 Å². The van der Waals surface area contributed by atoms with E-state index in [1.165, 1.54) is 0 Å². The molecule has 0 radical (unpaired) electrons. The SMILES string of the molecule is O=C(CBr)c1ncc(F)cc1F. The number of carbonyl (C=O) groups is 1. The molecule has 1 aromatic rings. The van der Waals surface area contributed by atoms with E-state index >= 15 is 0 Å². The van der Waals surface area contributed by atoms with Crippen LogP contribution in [0, 0.1) is 11.6 Å². The van der Waals surface area contributed by atoms with Crippen LogP contribution in [0.4, 0.5) is 8.78 Å². The topological polar surface area (TPSA) is 30.0 Å². The van der Waals surface area contributed by atoms with E-state index in [1.807, 2.05) is 0 Å². The molecule has 0 spiro atoms. The van der Waals surface area contributed by atoms with Gasteiger partial charge in [0.15, 0.2) is 11.6 Å². The van der Waals surface area contributed by atoms with Crippen LogP contribution in [-0.4, -0.2) is 16.1 Å². The molecule has 0 saturated heterocycles. The van der Waals surface area contributed by atoms with Crippen LogP contribution in [0.25, 0.3) is 0 Å². The van der Waals surface area contributed by atoms with Gasteiger partial charge in [0.1, 0.15) is 11.5 Å². The number of hydrogen-bond acceptors (Lipinski definition) is 2. The minimum atomic E-state index is -0.931. The van der Waals surface area contributed by atoms with Crippen LogP contribution in [0.3, 0.4) is 0 Å². The molecule has 0 bridgehead atoms.